The second-order valence-electron chi connectivity index (χ2n) is 15.5. The van der Waals surface area contributed by atoms with Crippen LogP contribution in [-0.4, -0.2) is 39.6 Å². The molecule has 0 N–H and O–H groups in total. The van der Waals surface area contributed by atoms with Gasteiger partial charge < -0.3 is 28.7 Å². The molecule has 8 rings (SSSR count). The SMILES string of the molecule is CC1(CCOc2ccc(N(c3ccc(Br)cc3)c3ccc(-c4ccc(N(c5ccc(Br)cc5)c5ccc(OCCC6(C)COC6)cc5)cc4)cc3)cc2)COC1. The number of anilines is 6. The predicted octanol–water partition coefficient (Wildman–Crippen LogP) is 13.4. The first-order valence-corrected chi connectivity index (χ1v) is 20.7. The van der Waals surface area contributed by atoms with Crippen LogP contribution in [0.25, 0.3) is 11.1 Å². The Morgan fingerprint density at radius 3 is 0.964 bits per heavy atom. The minimum atomic E-state index is 0.236. The van der Waals surface area contributed by atoms with E-state index in [4.69, 9.17) is 18.9 Å². The highest BCUT2D eigenvalue weighted by Gasteiger charge is 2.33. The molecule has 0 atom stereocenters. The standard InChI is InChI=1S/C48H46Br2N2O4/c1-47(31-53-32-47)27-29-55-45-23-19-43(20-24-45)51(41-15-7-37(49)8-16-41)39-11-3-35(4-12-39)36-5-13-40(14-6-36)52(42-17-9-38(50)10-18-42)44-21-25-46(26-22-44)56-30-28-48(2)33-54-34-48/h3-26H,27-34H2,1-2H3. The molecule has 0 unspecified atom stereocenters. The van der Waals surface area contributed by atoms with Crippen molar-refractivity contribution in [2.75, 3.05) is 49.4 Å². The molecule has 6 nitrogen and oxygen atoms in total. The molecule has 0 amide bonds. The first-order valence-electron chi connectivity index (χ1n) is 19.2. The van der Waals surface area contributed by atoms with Crippen LogP contribution in [0.3, 0.4) is 0 Å². The van der Waals surface area contributed by atoms with Crippen molar-refractivity contribution in [1.82, 2.24) is 0 Å². The lowest BCUT2D eigenvalue weighted by atomic mass is 9.85. The van der Waals surface area contributed by atoms with Crippen molar-refractivity contribution in [3.05, 3.63) is 155 Å². The first kappa shape index (κ1) is 38.3. The summed E-state index contributed by atoms with van der Waals surface area (Å²) >= 11 is 7.21. The van der Waals surface area contributed by atoms with Crippen LogP contribution in [-0.2, 0) is 9.47 Å². The third-order valence-corrected chi connectivity index (χ3v) is 11.8. The van der Waals surface area contributed by atoms with Crippen molar-refractivity contribution in [3.63, 3.8) is 0 Å². The number of hydrogen-bond acceptors (Lipinski definition) is 6. The molecule has 2 saturated heterocycles. The number of halogens is 2. The predicted molar refractivity (Wildman–Crippen MR) is 235 cm³/mol. The molecule has 0 bridgehead atoms. The highest BCUT2D eigenvalue weighted by Crippen LogP contribution is 2.40. The third kappa shape index (κ3) is 9.00. The normalized spacial score (nSPS) is 15.3. The fourth-order valence-corrected chi connectivity index (χ4v) is 7.61. The Hall–Kier alpha value is -4.60. The number of ether oxygens (including phenoxy) is 4. The van der Waals surface area contributed by atoms with Gasteiger partial charge >= 0.3 is 0 Å². The molecule has 0 radical (unpaired) electrons. The molecule has 2 aliphatic rings. The molecule has 286 valence electrons. The van der Waals surface area contributed by atoms with Gasteiger partial charge in [-0.15, -0.1) is 0 Å². The maximum Gasteiger partial charge on any atom is 0.119 e. The lowest BCUT2D eigenvalue weighted by molar-refractivity contribution is -0.109. The van der Waals surface area contributed by atoms with Crippen molar-refractivity contribution >= 4 is 66.0 Å². The fourth-order valence-electron chi connectivity index (χ4n) is 7.08. The lowest BCUT2D eigenvalue weighted by Crippen LogP contribution is -2.40. The van der Waals surface area contributed by atoms with Gasteiger partial charge in [-0.25, -0.2) is 0 Å². The Morgan fingerprint density at radius 2 is 0.696 bits per heavy atom. The first-order chi connectivity index (χ1) is 27.2. The van der Waals surface area contributed by atoms with E-state index in [0.29, 0.717) is 13.2 Å². The molecule has 0 spiro atoms. The Morgan fingerprint density at radius 1 is 0.429 bits per heavy atom. The van der Waals surface area contributed by atoms with E-state index in [-0.39, 0.29) is 10.8 Å². The van der Waals surface area contributed by atoms with Gasteiger partial charge in [0.2, 0.25) is 0 Å². The van der Waals surface area contributed by atoms with Gasteiger partial charge in [-0.05, 0) is 145 Å². The van der Waals surface area contributed by atoms with Crippen LogP contribution in [0.5, 0.6) is 11.5 Å². The Kier molecular flexibility index (Phi) is 11.5. The van der Waals surface area contributed by atoms with E-state index in [1.54, 1.807) is 0 Å². The minimum absolute atomic E-state index is 0.236. The topological polar surface area (TPSA) is 43.4 Å². The molecule has 6 aromatic rings. The van der Waals surface area contributed by atoms with Gasteiger partial charge in [0.1, 0.15) is 11.5 Å². The summed E-state index contributed by atoms with van der Waals surface area (Å²) in [6.07, 6.45) is 1.97. The molecule has 2 aliphatic heterocycles. The van der Waals surface area contributed by atoms with Crippen molar-refractivity contribution in [2.24, 2.45) is 10.8 Å². The van der Waals surface area contributed by atoms with Crippen LogP contribution in [0.2, 0.25) is 0 Å². The van der Waals surface area contributed by atoms with E-state index >= 15 is 0 Å². The van der Waals surface area contributed by atoms with Crippen LogP contribution in [0.1, 0.15) is 26.7 Å². The summed E-state index contributed by atoms with van der Waals surface area (Å²) in [5.41, 5.74) is 9.15. The zero-order valence-electron chi connectivity index (χ0n) is 31.8. The summed E-state index contributed by atoms with van der Waals surface area (Å²) in [4.78, 5) is 4.54. The van der Waals surface area contributed by atoms with Gasteiger partial charge in [0, 0.05) is 53.9 Å². The van der Waals surface area contributed by atoms with E-state index in [2.05, 4.69) is 201 Å². The van der Waals surface area contributed by atoms with Gasteiger partial charge in [0.05, 0.1) is 39.6 Å². The molecule has 8 heteroatoms. The third-order valence-electron chi connectivity index (χ3n) is 10.7. The maximum absolute atomic E-state index is 6.12. The van der Waals surface area contributed by atoms with Crippen molar-refractivity contribution in [3.8, 4) is 22.6 Å². The summed E-state index contributed by atoms with van der Waals surface area (Å²) in [6, 6.07) is 51.1. The molecule has 2 fully saturated rings. The van der Waals surface area contributed by atoms with Crippen molar-refractivity contribution in [1.29, 1.82) is 0 Å². The molecule has 0 aliphatic carbocycles. The van der Waals surface area contributed by atoms with E-state index < -0.39 is 0 Å². The molecule has 6 aromatic carbocycles. The minimum Gasteiger partial charge on any atom is -0.494 e. The fraction of sp³-hybridized carbons (Fsp3) is 0.250. The molecular weight excluding hydrogens is 828 g/mol. The van der Waals surface area contributed by atoms with Gasteiger partial charge in [-0.2, -0.15) is 0 Å². The smallest absolute Gasteiger partial charge is 0.119 e. The van der Waals surface area contributed by atoms with E-state index in [9.17, 15) is 0 Å². The second-order valence-corrected chi connectivity index (χ2v) is 17.3. The van der Waals surface area contributed by atoms with Gasteiger partial charge in [0.25, 0.3) is 0 Å². The van der Waals surface area contributed by atoms with E-state index in [0.717, 1.165) is 105 Å². The zero-order chi connectivity index (χ0) is 38.5. The molecular formula is C48H46Br2N2O4. The molecule has 0 saturated carbocycles. The number of nitrogens with zero attached hydrogens (tertiary/aromatic N) is 2. The summed E-state index contributed by atoms with van der Waals surface area (Å²) in [5.74, 6) is 1.74. The zero-order valence-corrected chi connectivity index (χ0v) is 35.0. The Labute approximate surface area is 347 Å². The lowest BCUT2D eigenvalue weighted by Gasteiger charge is -2.37. The van der Waals surface area contributed by atoms with E-state index in [1.807, 2.05) is 0 Å². The van der Waals surface area contributed by atoms with Gasteiger partial charge in [0.15, 0.2) is 0 Å². The summed E-state index contributed by atoms with van der Waals surface area (Å²) in [7, 11) is 0. The molecule has 0 aromatic heterocycles. The summed E-state index contributed by atoms with van der Waals surface area (Å²) in [6.45, 7) is 9.13. The van der Waals surface area contributed by atoms with Crippen LogP contribution in [0, 0.1) is 10.8 Å². The molecule has 2 heterocycles. The quantitative estimate of drug-likeness (QED) is 0.102. The number of benzene rings is 6. The maximum atomic E-state index is 6.12. The van der Waals surface area contributed by atoms with Crippen molar-refractivity contribution in [2.45, 2.75) is 26.7 Å². The highest BCUT2D eigenvalue weighted by atomic mass is 79.9. The van der Waals surface area contributed by atoms with Crippen LogP contribution in [0.4, 0.5) is 34.1 Å². The number of rotatable bonds is 15. The Balaban J connectivity index is 0.998. The van der Waals surface area contributed by atoms with E-state index in [1.165, 1.54) is 0 Å². The Bertz CT molecular complexity index is 2020. The average Bonchev–Trinajstić information content (AvgIpc) is 3.20. The van der Waals surface area contributed by atoms with Crippen LogP contribution in [0.15, 0.2) is 155 Å². The average molecular weight is 875 g/mol. The largest absolute Gasteiger partial charge is 0.494 e. The number of hydrogen-bond donors (Lipinski definition) is 0. The second kappa shape index (κ2) is 16.9. The van der Waals surface area contributed by atoms with Crippen molar-refractivity contribution < 1.29 is 18.9 Å². The van der Waals surface area contributed by atoms with Gasteiger partial charge in [-0.3, -0.25) is 0 Å². The van der Waals surface area contributed by atoms with Gasteiger partial charge in [-0.1, -0.05) is 70.0 Å². The van der Waals surface area contributed by atoms with Crippen LogP contribution >= 0.6 is 31.9 Å². The monoisotopic (exact) mass is 872 g/mol. The molecule has 56 heavy (non-hydrogen) atoms. The summed E-state index contributed by atoms with van der Waals surface area (Å²) < 4.78 is 25.1. The summed E-state index contributed by atoms with van der Waals surface area (Å²) in [5, 5.41) is 0. The highest BCUT2D eigenvalue weighted by molar-refractivity contribution is 9.10. The van der Waals surface area contributed by atoms with Crippen LogP contribution < -0.4 is 19.3 Å².